The van der Waals surface area contributed by atoms with Crippen LogP contribution < -0.4 is 10.1 Å². The van der Waals surface area contributed by atoms with Gasteiger partial charge in [-0.3, -0.25) is 4.79 Å². The van der Waals surface area contributed by atoms with E-state index >= 15 is 0 Å². The predicted octanol–water partition coefficient (Wildman–Crippen LogP) is 3.64. The lowest BCUT2D eigenvalue weighted by Crippen LogP contribution is -2.20. The van der Waals surface area contributed by atoms with Gasteiger partial charge in [-0.15, -0.1) is 0 Å². The summed E-state index contributed by atoms with van der Waals surface area (Å²) >= 11 is 0. The van der Waals surface area contributed by atoms with E-state index in [1.54, 1.807) is 73.7 Å². The van der Waals surface area contributed by atoms with Gasteiger partial charge in [0.05, 0.1) is 10.6 Å². The first kappa shape index (κ1) is 19.3. The molecule has 3 aromatic rings. The predicted molar refractivity (Wildman–Crippen MR) is 110 cm³/mol. The van der Waals surface area contributed by atoms with Gasteiger partial charge < -0.3 is 5.32 Å². The van der Waals surface area contributed by atoms with Crippen molar-refractivity contribution < 1.29 is 13.2 Å². The third-order valence-corrected chi connectivity index (χ3v) is 5.19. The maximum absolute atomic E-state index is 12.3. The number of hydrogen-bond donors (Lipinski definition) is 2. The SMILES string of the molecule is C/C(=N/NS(=O)(=O)c1ccccc1)c1cccc(NC(=O)c2ccccc2)c1. The molecule has 0 aliphatic rings. The minimum absolute atomic E-state index is 0.135. The second-order valence-electron chi connectivity index (χ2n) is 6.01. The Balaban J connectivity index is 1.74. The number of anilines is 1. The van der Waals surface area contributed by atoms with Crippen molar-refractivity contribution in [1.29, 1.82) is 0 Å². The van der Waals surface area contributed by atoms with Gasteiger partial charge in [-0.05, 0) is 48.9 Å². The smallest absolute Gasteiger partial charge is 0.276 e. The molecule has 0 aliphatic carbocycles. The molecule has 0 atom stereocenters. The average Bonchev–Trinajstić information content (AvgIpc) is 2.73. The van der Waals surface area contributed by atoms with E-state index in [0.717, 1.165) is 0 Å². The highest BCUT2D eigenvalue weighted by Gasteiger charge is 2.12. The van der Waals surface area contributed by atoms with Gasteiger partial charge in [0, 0.05) is 11.3 Å². The van der Waals surface area contributed by atoms with E-state index < -0.39 is 10.0 Å². The number of sulfonamides is 1. The molecule has 6 nitrogen and oxygen atoms in total. The molecule has 0 saturated heterocycles. The minimum Gasteiger partial charge on any atom is -0.322 e. The number of carbonyl (C=O) groups is 1. The number of carbonyl (C=O) groups excluding carboxylic acids is 1. The maximum atomic E-state index is 12.3. The number of nitrogens with zero attached hydrogens (tertiary/aromatic N) is 1. The van der Waals surface area contributed by atoms with Crippen molar-refractivity contribution in [2.45, 2.75) is 11.8 Å². The van der Waals surface area contributed by atoms with Crippen LogP contribution in [0.3, 0.4) is 0 Å². The summed E-state index contributed by atoms with van der Waals surface area (Å²) in [5, 5.41) is 6.81. The van der Waals surface area contributed by atoms with Crippen LogP contribution in [0.5, 0.6) is 0 Å². The van der Waals surface area contributed by atoms with Crippen molar-refractivity contribution in [3.63, 3.8) is 0 Å². The number of hydrogen-bond acceptors (Lipinski definition) is 4. The van der Waals surface area contributed by atoms with Crippen molar-refractivity contribution in [1.82, 2.24) is 4.83 Å². The molecule has 0 bridgehead atoms. The van der Waals surface area contributed by atoms with Crippen LogP contribution in [0.25, 0.3) is 0 Å². The number of amides is 1. The van der Waals surface area contributed by atoms with E-state index in [1.807, 2.05) is 6.07 Å². The second-order valence-corrected chi connectivity index (χ2v) is 7.67. The molecule has 3 aromatic carbocycles. The number of nitrogens with one attached hydrogen (secondary N) is 2. The Hall–Kier alpha value is -3.45. The normalized spacial score (nSPS) is 11.7. The molecule has 1 amide bonds. The fourth-order valence-corrected chi connectivity index (χ4v) is 3.34. The van der Waals surface area contributed by atoms with Gasteiger partial charge in [0.2, 0.25) is 0 Å². The van der Waals surface area contributed by atoms with Crippen LogP contribution in [0.4, 0.5) is 5.69 Å². The fourth-order valence-electron chi connectivity index (χ4n) is 2.46. The molecular weight excluding hydrogens is 374 g/mol. The molecule has 0 spiro atoms. The van der Waals surface area contributed by atoms with Crippen molar-refractivity contribution in [2.75, 3.05) is 5.32 Å². The van der Waals surface area contributed by atoms with Crippen molar-refractivity contribution in [2.24, 2.45) is 5.10 Å². The Morgan fingerprint density at radius 2 is 1.43 bits per heavy atom. The second kappa shape index (κ2) is 8.49. The van der Waals surface area contributed by atoms with Crippen molar-refractivity contribution in [3.05, 3.63) is 96.1 Å². The third-order valence-electron chi connectivity index (χ3n) is 3.96. The Labute approximate surface area is 164 Å². The zero-order valence-corrected chi connectivity index (χ0v) is 16.0. The summed E-state index contributed by atoms with van der Waals surface area (Å²) in [6.07, 6.45) is 0. The molecule has 142 valence electrons. The van der Waals surface area contributed by atoms with E-state index in [1.165, 1.54) is 12.1 Å². The molecule has 7 heteroatoms. The topological polar surface area (TPSA) is 87.6 Å². The molecule has 0 aliphatic heterocycles. The Bertz CT molecular complexity index is 1100. The third kappa shape index (κ3) is 4.83. The Morgan fingerprint density at radius 1 is 0.821 bits per heavy atom. The minimum atomic E-state index is -3.74. The van der Waals surface area contributed by atoms with Crippen LogP contribution in [0.15, 0.2) is 94.9 Å². The van der Waals surface area contributed by atoms with Gasteiger partial charge in [0.15, 0.2) is 0 Å². The summed E-state index contributed by atoms with van der Waals surface area (Å²) in [4.78, 5) is 14.6. The van der Waals surface area contributed by atoms with Gasteiger partial charge in [0.1, 0.15) is 0 Å². The van der Waals surface area contributed by atoms with E-state index in [0.29, 0.717) is 22.5 Å². The van der Waals surface area contributed by atoms with E-state index in [4.69, 9.17) is 0 Å². The lowest BCUT2D eigenvalue weighted by Gasteiger charge is -2.08. The first-order chi connectivity index (χ1) is 13.5. The molecule has 0 unspecified atom stereocenters. The highest BCUT2D eigenvalue weighted by Crippen LogP contribution is 2.14. The van der Waals surface area contributed by atoms with Crippen molar-refractivity contribution >= 4 is 27.3 Å². The number of rotatable bonds is 6. The number of benzene rings is 3. The summed E-state index contributed by atoms with van der Waals surface area (Å²) in [7, 11) is -3.74. The Morgan fingerprint density at radius 3 is 2.11 bits per heavy atom. The van der Waals surface area contributed by atoms with E-state index in [9.17, 15) is 13.2 Å². The highest BCUT2D eigenvalue weighted by atomic mass is 32.2. The van der Waals surface area contributed by atoms with E-state index in [2.05, 4.69) is 15.2 Å². The lowest BCUT2D eigenvalue weighted by molar-refractivity contribution is 0.102. The van der Waals surface area contributed by atoms with Crippen LogP contribution in [-0.4, -0.2) is 20.0 Å². The van der Waals surface area contributed by atoms with E-state index in [-0.39, 0.29) is 10.8 Å². The monoisotopic (exact) mass is 393 g/mol. The zero-order valence-electron chi connectivity index (χ0n) is 15.2. The molecule has 3 rings (SSSR count). The van der Waals surface area contributed by atoms with Crippen LogP contribution >= 0.6 is 0 Å². The van der Waals surface area contributed by atoms with Gasteiger partial charge in [-0.25, -0.2) is 0 Å². The molecule has 0 saturated carbocycles. The number of hydrazone groups is 1. The quantitative estimate of drug-likeness (QED) is 0.495. The highest BCUT2D eigenvalue weighted by molar-refractivity contribution is 7.89. The molecule has 0 fully saturated rings. The summed E-state index contributed by atoms with van der Waals surface area (Å²) in [6.45, 7) is 1.69. The molecule has 28 heavy (non-hydrogen) atoms. The first-order valence-electron chi connectivity index (χ1n) is 8.54. The van der Waals surface area contributed by atoms with Gasteiger partial charge in [0.25, 0.3) is 15.9 Å². The molecular formula is C21H19N3O3S. The lowest BCUT2D eigenvalue weighted by atomic mass is 10.1. The first-order valence-corrected chi connectivity index (χ1v) is 10.0. The standard InChI is InChI=1S/C21H19N3O3S/c1-16(23-24-28(26,27)20-13-6-3-7-14-20)18-11-8-12-19(15-18)22-21(25)17-9-4-2-5-10-17/h2-15,24H,1H3,(H,22,25)/b23-16-. The summed E-state index contributed by atoms with van der Waals surface area (Å²) < 4.78 is 24.5. The van der Waals surface area contributed by atoms with Gasteiger partial charge >= 0.3 is 0 Å². The molecule has 2 N–H and O–H groups in total. The zero-order chi connectivity index (χ0) is 20.0. The molecule has 0 radical (unpaired) electrons. The van der Waals surface area contributed by atoms with Gasteiger partial charge in [-0.2, -0.15) is 18.4 Å². The average molecular weight is 393 g/mol. The Kier molecular flexibility index (Phi) is 5.86. The summed E-state index contributed by atoms with van der Waals surface area (Å²) in [5.41, 5.74) is 2.29. The molecule has 0 aromatic heterocycles. The fraction of sp³-hybridized carbons (Fsp3) is 0.0476. The van der Waals surface area contributed by atoms with Crippen LogP contribution in [0.1, 0.15) is 22.8 Å². The van der Waals surface area contributed by atoms with Gasteiger partial charge in [-0.1, -0.05) is 48.5 Å². The van der Waals surface area contributed by atoms with Crippen molar-refractivity contribution in [3.8, 4) is 0 Å². The largest absolute Gasteiger partial charge is 0.322 e. The summed E-state index contributed by atoms with van der Waals surface area (Å²) in [6, 6.07) is 23.9. The van der Waals surface area contributed by atoms with Crippen LogP contribution in [-0.2, 0) is 10.0 Å². The van der Waals surface area contributed by atoms with Crippen LogP contribution in [0, 0.1) is 0 Å². The summed E-state index contributed by atoms with van der Waals surface area (Å²) in [5.74, 6) is -0.225. The van der Waals surface area contributed by atoms with Crippen LogP contribution in [0.2, 0.25) is 0 Å². The molecule has 0 heterocycles. The maximum Gasteiger partial charge on any atom is 0.276 e.